The van der Waals surface area contributed by atoms with Crippen molar-refractivity contribution in [2.24, 2.45) is 0 Å². The van der Waals surface area contributed by atoms with Gasteiger partial charge in [0.1, 0.15) is 23.9 Å². The largest absolute Gasteiger partial charge is 0.497 e. The van der Waals surface area contributed by atoms with E-state index in [-0.39, 0.29) is 6.61 Å². The summed E-state index contributed by atoms with van der Waals surface area (Å²) >= 11 is 0. The molecule has 0 spiro atoms. The van der Waals surface area contributed by atoms with E-state index in [2.05, 4.69) is 72.8 Å². The number of fused-ring (bicyclic) bond motifs is 1. The summed E-state index contributed by atoms with van der Waals surface area (Å²) in [7, 11) is 1.66. The Morgan fingerprint density at radius 3 is 2.24 bits per heavy atom. The van der Waals surface area contributed by atoms with Gasteiger partial charge in [-0.05, 0) is 99.6 Å². The first-order valence-electron chi connectivity index (χ1n) is 12.3. The third-order valence-electron chi connectivity index (χ3n) is 6.42. The zero-order valence-electron chi connectivity index (χ0n) is 21.3. The monoisotopic (exact) mass is 504 g/mol. The third kappa shape index (κ3) is 5.62. The molecule has 0 saturated carbocycles. The molecule has 0 aliphatic heterocycles. The molecule has 0 amide bonds. The van der Waals surface area contributed by atoms with Gasteiger partial charge in [-0.15, -0.1) is 0 Å². The van der Waals surface area contributed by atoms with Crippen molar-refractivity contribution >= 4 is 16.7 Å². The highest BCUT2D eigenvalue weighted by atomic mass is 16.5. The maximum absolute atomic E-state index is 10.8. The second kappa shape index (κ2) is 11.1. The molecule has 0 radical (unpaired) electrons. The lowest BCUT2D eigenvalue weighted by molar-refractivity contribution is -0.139. The molecular weight excluding hydrogens is 476 g/mol. The fourth-order valence-corrected chi connectivity index (χ4v) is 4.54. The van der Waals surface area contributed by atoms with Crippen molar-refractivity contribution in [1.82, 2.24) is 0 Å². The summed E-state index contributed by atoms with van der Waals surface area (Å²) in [5.74, 6) is 1.02. The van der Waals surface area contributed by atoms with Gasteiger partial charge in [0.25, 0.3) is 0 Å². The second-order valence-electron chi connectivity index (χ2n) is 9.07. The number of aryl methyl sites for hydroxylation is 1. The van der Waals surface area contributed by atoms with E-state index in [1.165, 1.54) is 10.8 Å². The van der Waals surface area contributed by atoms with Gasteiger partial charge in [0, 0.05) is 0 Å². The van der Waals surface area contributed by atoms with E-state index in [1.54, 1.807) is 19.2 Å². The van der Waals surface area contributed by atoms with Gasteiger partial charge in [0.05, 0.1) is 7.11 Å². The molecule has 5 aromatic rings. The van der Waals surface area contributed by atoms with Crippen LogP contribution in [0.5, 0.6) is 17.2 Å². The van der Waals surface area contributed by atoms with Crippen molar-refractivity contribution in [1.29, 1.82) is 0 Å². The first-order chi connectivity index (χ1) is 18.5. The van der Waals surface area contributed by atoms with Gasteiger partial charge in [0.15, 0.2) is 6.61 Å². The molecule has 0 bridgehead atoms. The first-order valence-corrected chi connectivity index (χ1v) is 12.3. The van der Waals surface area contributed by atoms with Crippen molar-refractivity contribution in [3.63, 3.8) is 0 Å². The zero-order chi connectivity index (χ0) is 26.5. The van der Waals surface area contributed by atoms with Crippen LogP contribution in [0.25, 0.3) is 33.0 Å². The van der Waals surface area contributed by atoms with Crippen LogP contribution in [-0.2, 0) is 11.4 Å². The number of hydrogen-bond donors (Lipinski definition) is 1. The van der Waals surface area contributed by atoms with Crippen LogP contribution in [-0.4, -0.2) is 24.8 Å². The number of rotatable bonds is 9. The van der Waals surface area contributed by atoms with Crippen LogP contribution in [0.4, 0.5) is 0 Å². The normalized spacial score (nSPS) is 10.8. The van der Waals surface area contributed by atoms with E-state index >= 15 is 0 Å². The lowest BCUT2D eigenvalue weighted by Crippen LogP contribution is -2.10. The minimum atomic E-state index is -1.01. The molecule has 0 saturated heterocycles. The van der Waals surface area contributed by atoms with E-state index in [1.807, 2.05) is 25.1 Å². The van der Waals surface area contributed by atoms with Gasteiger partial charge in [-0.2, -0.15) is 0 Å². The van der Waals surface area contributed by atoms with Crippen molar-refractivity contribution in [3.8, 4) is 39.5 Å². The summed E-state index contributed by atoms with van der Waals surface area (Å²) in [6.45, 7) is 1.86. The number of carboxylic acids is 1. The van der Waals surface area contributed by atoms with Gasteiger partial charge in [-0.25, -0.2) is 4.79 Å². The molecule has 0 unspecified atom stereocenters. The highest BCUT2D eigenvalue weighted by molar-refractivity contribution is 5.97. The summed E-state index contributed by atoms with van der Waals surface area (Å²) in [6, 6.07) is 34.7. The third-order valence-corrected chi connectivity index (χ3v) is 6.42. The molecule has 5 heteroatoms. The zero-order valence-corrected chi connectivity index (χ0v) is 21.3. The topological polar surface area (TPSA) is 65.0 Å². The van der Waals surface area contributed by atoms with Gasteiger partial charge >= 0.3 is 5.97 Å². The molecule has 0 heterocycles. The number of aliphatic carboxylic acids is 1. The SMILES string of the molecule is COc1ccc(-c2cc(COc3ccc(OCC(=O)O)c(C)c3)cc(-c3cccc4ccccc34)c2)cc1. The average molecular weight is 505 g/mol. The molecule has 0 aromatic heterocycles. The molecule has 0 fully saturated rings. The molecule has 0 aliphatic rings. The highest BCUT2D eigenvalue weighted by Gasteiger charge is 2.10. The Balaban J connectivity index is 1.49. The summed E-state index contributed by atoms with van der Waals surface area (Å²) in [4.78, 5) is 10.8. The molecule has 38 heavy (non-hydrogen) atoms. The average Bonchev–Trinajstić information content (AvgIpc) is 2.95. The number of carbonyl (C=O) groups is 1. The maximum Gasteiger partial charge on any atom is 0.341 e. The Bertz CT molecular complexity index is 1580. The molecule has 5 rings (SSSR count). The summed E-state index contributed by atoms with van der Waals surface area (Å²) in [5.41, 5.74) is 6.30. The predicted octanol–water partition coefficient (Wildman–Crippen LogP) is 7.53. The van der Waals surface area contributed by atoms with Gasteiger partial charge in [-0.1, -0.05) is 54.6 Å². The fourth-order valence-electron chi connectivity index (χ4n) is 4.54. The molecule has 0 atom stereocenters. The smallest absolute Gasteiger partial charge is 0.341 e. The van der Waals surface area contributed by atoms with Crippen LogP contribution in [0, 0.1) is 6.92 Å². The standard InChI is InChI=1S/C33H28O5/c1-22-16-29(14-15-32(22)38-21-33(34)35)37-20-23-17-26(24-10-12-28(36-2)13-11-24)19-27(18-23)31-9-5-7-25-6-3-4-8-30(25)31/h3-19H,20-21H2,1-2H3,(H,34,35). The Morgan fingerprint density at radius 1 is 0.737 bits per heavy atom. The van der Waals surface area contributed by atoms with E-state index in [0.717, 1.165) is 39.1 Å². The van der Waals surface area contributed by atoms with Crippen LogP contribution in [0.3, 0.4) is 0 Å². The summed E-state index contributed by atoms with van der Waals surface area (Å²) in [5, 5.41) is 11.3. The van der Waals surface area contributed by atoms with E-state index in [0.29, 0.717) is 18.1 Å². The summed E-state index contributed by atoms with van der Waals surface area (Å²) in [6.07, 6.45) is 0. The van der Waals surface area contributed by atoms with E-state index in [4.69, 9.17) is 19.3 Å². The Labute approximate surface area is 221 Å². The minimum absolute atomic E-state index is 0.372. The quantitative estimate of drug-likeness (QED) is 0.225. The van der Waals surface area contributed by atoms with Gasteiger partial charge < -0.3 is 19.3 Å². The van der Waals surface area contributed by atoms with Gasteiger partial charge in [0.2, 0.25) is 0 Å². The lowest BCUT2D eigenvalue weighted by Gasteiger charge is -2.14. The Morgan fingerprint density at radius 2 is 1.47 bits per heavy atom. The number of benzene rings is 5. The van der Waals surface area contributed by atoms with E-state index in [9.17, 15) is 4.79 Å². The summed E-state index contributed by atoms with van der Waals surface area (Å²) < 4.78 is 16.8. The number of carboxylic acid groups (broad SMARTS) is 1. The highest BCUT2D eigenvalue weighted by Crippen LogP contribution is 2.34. The molecule has 1 N–H and O–H groups in total. The van der Waals surface area contributed by atoms with Crippen molar-refractivity contribution in [3.05, 3.63) is 114 Å². The first kappa shape index (κ1) is 24.9. The lowest BCUT2D eigenvalue weighted by atomic mass is 9.93. The maximum atomic E-state index is 10.8. The van der Waals surface area contributed by atoms with E-state index < -0.39 is 5.97 Å². The van der Waals surface area contributed by atoms with Crippen molar-refractivity contribution in [2.75, 3.05) is 13.7 Å². The number of methoxy groups -OCH3 is 1. The minimum Gasteiger partial charge on any atom is -0.497 e. The number of hydrogen-bond acceptors (Lipinski definition) is 4. The van der Waals surface area contributed by atoms with Crippen LogP contribution in [0.1, 0.15) is 11.1 Å². The second-order valence-corrected chi connectivity index (χ2v) is 9.07. The number of ether oxygens (including phenoxy) is 3. The predicted molar refractivity (Wildman–Crippen MR) is 150 cm³/mol. The van der Waals surface area contributed by atoms with Crippen LogP contribution in [0.15, 0.2) is 103 Å². The molecular formula is C33H28O5. The fraction of sp³-hybridized carbons (Fsp3) is 0.121. The van der Waals surface area contributed by atoms with Crippen LogP contribution < -0.4 is 14.2 Å². The van der Waals surface area contributed by atoms with Crippen LogP contribution >= 0.6 is 0 Å². The molecule has 190 valence electrons. The van der Waals surface area contributed by atoms with Gasteiger partial charge in [-0.3, -0.25) is 0 Å². The Hall–Kier alpha value is -4.77. The molecule has 0 aliphatic carbocycles. The Kier molecular flexibility index (Phi) is 7.27. The molecule has 5 nitrogen and oxygen atoms in total. The van der Waals surface area contributed by atoms with Crippen molar-refractivity contribution in [2.45, 2.75) is 13.5 Å². The molecule has 5 aromatic carbocycles. The van der Waals surface area contributed by atoms with Crippen LogP contribution in [0.2, 0.25) is 0 Å². The van der Waals surface area contributed by atoms with Crippen molar-refractivity contribution < 1.29 is 24.1 Å².